The topological polar surface area (TPSA) is 82.2 Å². The minimum Gasteiger partial charge on any atom is -0.359 e. The molecule has 0 saturated carbocycles. The van der Waals surface area contributed by atoms with E-state index in [9.17, 15) is 14.4 Å². The summed E-state index contributed by atoms with van der Waals surface area (Å²) in [6.07, 6.45) is 1.18. The number of carbonyl (C=O) groups excluding carboxylic acids is 3. The van der Waals surface area contributed by atoms with Crippen molar-refractivity contribution < 1.29 is 19.1 Å². The Labute approximate surface area is 236 Å². The number of amides is 3. The first-order valence-electron chi connectivity index (χ1n) is 14.7. The van der Waals surface area contributed by atoms with Crippen LogP contribution in [0.15, 0.2) is 0 Å². The second-order valence-corrected chi connectivity index (χ2v) is 11.7. The van der Waals surface area contributed by atoms with E-state index in [1.54, 1.807) is 4.90 Å². The van der Waals surface area contributed by atoms with Crippen LogP contribution in [0.25, 0.3) is 0 Å². The molecule has 1 N–H and O–H groups in total. The molecule has 0 aromatic carbocycles. The third kappa shape index (κ3) is 16.3. The molecule has 0 unspecified atom stereocenters. The van der Waals surface area contributed by atoms with Crippen LogP contribution in [0.3, 0.4) is 0 Å². The van der Waals surface area contributed by atoms with Crippen molar-refractivity contribution in [1.29, 1.82) is 0 Å². The van der Waals surface area contributed by atoms with E-state index in [2.05, 4.69) is 5.32 Å². The number of carbonyl (C=O) groups is 3. The summed E-state index contributed by atoms with van der Waals surface area (Å²) in [5.41, 5.74) is -0.680. The van der Waals surface area contributed by atoms with Gasteiger partial charge in [0.15, 0.2) is 0 Å². The van der Waals surface area contributed by atoms with E-state index in [-0.39, 0.29) is 28.1 Å². The highest BCUT2D eigenvalue weighted by Gasteiger charge is 2.31. The lowest BCUT2D eigenvalue weighted by Gasteiger charge is -2.35. The molecular formula is C30H64N4O4. The van der Waals surface area contributed by atoms with Crippen LogP contribution in [0.2, 0.25) is 0 Å². The first-order valence-corrected chi connectivity index (χ1v) is 14.7. The van der Waals surface area contributed by atoms with Crippen LogP contribution in [0.4, 0.5) is 0 Å². The Balaban J connectivity index is -0.000000439. The molecule has 0 aromatic heterocycles. The molecule has 3 rings (SSSR count). The lowest BCUT2D eigenvalue weighted by Crippen LogP contribution is -2.47. The average Bonchev–Trinajstić information content (AvgIpc) is 3.55. The molecule has 0 spiro atoms. The minimum absolute atomic E-state index is 0.176. The van der Waals surface area contributed by atoms with E-state index < -0.39 is 0 Å². The van der Waals surface area contributed by atoms with Crippen molar-refractivity contribution in [2.24, 2.45) is 16.2 Å². The van der Waals surface area contributed by atoms with E-state index in [1.807, 2.05) is 114 Å². The number of hydrogen-bond acceptors (Lipinski definition) is 5. The maximum atomic E-state index is 11.6. The monoisotopic (exact) mass is 544 g/mol. The minimum atomic E-state index is -0.270. The number of likely N-dealkylation sites (tertiary alicyclic amines) is 1. The van der Waals surface area contributed by atoms with E-state index in [1.165, 1.54) is 6.42 Å². The summed E-state index contributed by atoms with van der Waals surface area (Å²) in [6.45, 7) is 35.9. The second kappa shape index (κ2) is 20.3. The van der Waals surface area contributed by atoms with Crippen molar-refractivity contribution in [3.05, 3.63) is 0 Å². The van der Waals surface area contributed by atoms with Gasteiger partial charge in [-0.25, -0.2) is 0 Å². The molecule has 38 heavy (non-hydrogen) atoms. The maximum Gasteiger partial charge on any atom is 0.229 e. The Morgan fingerprint density at radius 3 is 1.21 bits per heavy atom. The zero-order valence-corrected chi connectivity index (χ0v) is 27.8. The summed E-state index contributed by atoms with van der Waals surface area (Å²) in [5.74, 6) is 0.705. The lowest BCUT2D eigenvalue weighted by atomic mass is 9.93. The molecule has 3 saturated heterocycles. The number of nitrogens with one attached hydrogen (secondary N) is 1. The molecule has 8 nitrogen and oxygen atoms in total. The smallest absolute Gasteiger partial charge is 0.229 e. The molecule has 3 heterocycles. The van der Waals surface area contributed by atoms with Crippen molar-refractivity contribution in [3.8, 4) is 0 Å². The summed E-state index contributed by atoms with van der Waals surface area (Å²) in [7, 11) is 0. The van der Waals surface area contributed by atoms with Gasteiger partial charge < -0.3 is 19.4 Å². The zero-order chi connectivity index (χ0) is 30.7. The van der Waals surface area contributed by atoms with Crippen LogP contribution < -0.4 is 5.32 Å². The molecule has 228 valence electrons. The van der Waals surface area contributed by atoms with E-state index in [0.717, 1.165) is 39.4 Å². The van der Waals surface area contributed by atoms with Crippen molar-refractivity contribution >= 4 is 17.7 Å². The number of rotatable bonds is 0. The van der Waals surface area contributed by atoms with Gasteiger partial charge in [-0.15, -0.1) is 0 Å². The fourth-order valence-corrected chi connectivity index (χ4v) is 3.20. The number of nitrogens with zero attached hydrogens (tertiary/aromatic N) is 3. The number of ether oxygens (including phenoxy) is 1. The van der Waals surface area contributed by atoms with Crippen LogP contribution >= 0.6 is 0 Å². The zero-order valence-electron chi connectivity index (χ0n) is 27.8. The maximum absolute atomic E-state index is 11.6. The Bertz CT molecular complexity index is 592. The lowest BCUT2D eigenvalue weighted by molar-refractivity contribution is -0.143. The predicted octanol–water partition coefficient (Wildman–Crippen LogP) is 5.61. The van der Waals surface area contributed by atoms with Gasteiger partial charge in [-0.1, -0.05) is 104 Å². The van der Waals surface area contributed by atoms with E-state index >= 15 is 0 Å². The van der Waals surface area contributed by atoms with Crippen LogP contribution in [-0.2, 0) is 19.1 Å². The molecule has 3 fully saturated rings. The van der Waals surface area contributed by atoms with Crippen LogP contribution in [-0.4, -0.2) is 85.2 Å². The normalized spacial score (nSPS) is 16.3. The quantitative estimate of drug-likeness (QED) is 0.428. The molecule has 3 aliphatic heterocycles. The molecular weight excluding hydrogens is 480 g/mol. The van der Waals surface area contributed by atoms with Crippen LogP contribution in [0.1, 0.15) is 110 Å². The van der Waals surface area contributed by atoms with Gasteiger partial charge in [0.1, 0.15) is 6.73 Å². The van der Waals surface area contributed by atoms with Gasteiger partial charge in [-0.05, 0) is 6.42 Å². The highest BCUT2D eigenvalue weighted by Crippen LogP contribution is 2.21. The Kier molecular flexibility index (Phi) is 21.8. The highest BCUT2D eigenvalue weighted by atomic mass is 16.5. The third-order valence-electron chi connectivity index (χ3n) is 5.26. The first kappa shape index (κ1) is 40.8. The fourth-order valence-electron chi connectivity index (χ4n) is 3.20. The van der Waals surface area contributed by atoms with E-state index in [0.29, 0.717) is 19.2 Å². The summed E-state index contributed by atoms with van der Waals surface area (Å²) in [6, 6.07) is 0. The number of hydrogen-bond donors (Lipinski definition) is 1. The molecule has 3 amide bonds. The van der Waals surface area contributed by atoms with Gasteiger partial charge >= 0.3 is 0 Å². The summed E-state index contributed by atoms with van der Waals surface area (Å²) >= 11 is 0. The van der Waals surface area contributed by atoms with Crippen molar-refractivity contribution in [2.45, 2.75) is 110 Å². The molecule has 3 aliphatic rings. The van der Waals surface area contributed by atoms with Crippen molar-refractivity contribution in [2.75, 3.05) is 52.7 Å². The van der Waals surface area contributed by atoms with Crippen molar-refractivity contribution in [1.82, 2.24) is 20.0 Å². The van der Waals surface area contributed by atoms with Crippen LogP contribution in [0.5, 0.6) is 0 Å². The predicted molar refractivity (Wildman–Crippen MR) is 161 cm³/mol. The molecule has 0 bridgehead atoms. The largest absolute Gasteiger partial charge is 0.359 e. The van der Waals surface area contributed by atoms with Crippen molar-refractivity contribution in [3.63, 3.8) is 0 Å². The Hall–Kier alpha value is -1.67. The molecule has 0 aliphatic carbocycles. The highest BCUT2D eigenvalue weighted by molar-refractivity contribution is 5.82. The Morgan fingerprint density at radius 2 is 0.974 bits per heavy atom. The SMILES string of the molecule is CC.CC.CC.CC(C)(C)C(=O)N1CCC1.CC(C)(C)C(=O)N1CCNC1.CC(C)(C)C(=O)N1CCOC1. The molecule has 0 radical (unpaired) electrons. The summed E-state index contributed by atoms with van der Waals surface area (Å²) in [4.78, 5) is 40.0. The molecule has 8 heteroatoms. The van der Waals surface area contributed by atoms with Gasteiger partial charge in [0.05, 0.1) is 13.3 Å². The summed E-state index contributed by atoms with van der Waals surface area (Å²) in [5, 5.41) is 3.13. The Morgan fingerprint density at radius 1 is 0.579 bits per heavy atom. The average molecular weight is 545 g/mol. The van der Waals surface area contributed by atoms with Gasteiger partial charge in [-0.3, -0.25) is 19.7 Å². The van der Waals surface area contributed by atoms with E-state index in [4.69, 9.17) is 4.74 Å². The third-order valence-corrected chi connectivity index (χ3v) is 5.26. The van der Waals surface area contributed by atoms with Gasteiger partial charge in [-0.2, -0.15) is 0 Å². The fraction of sp³-hybridized carbons (Fsp3) is 0.900. The summed E-state index contributed by atoms with van der Waals surface area (Å²) < 4.78 is 5.08. The standard InChI is InChI=1S/C8H16N2O.C8H15NO2.C8H15NO.3C2H6/c1-8(2,3)7(11)10-5-4-9-6-10;1-8(2,3)7(10)9-4-5-11-6-9;1-8(2,3)7(10)9-5-4-6-9;3*1-2/h9H,4-6H2,1-3H3;4-6H2,1-3H3;4-6H2,1-3H3;3*1-2H3. The first-order chi connectivity index (χ1) is 17.5. The van der Waals surface area contributed by atoms with Gasteiger partial charge in [0, 0.05) is 49.0 Å². The molecule has 0 aromatic rings. The van der Waals surface area contributed by atoms with Gasteiger partial charge in [0.25, 0.3) is 0 Å². The second-order valence-electron chi connectivity index (χ2n) is 11.7. The molecule has 0 atom stereocenters. The van der Waals surface area contributed by atoms with Gasteiger partial charge in [0.2, 0.25) is 17.7 Å². The van der Waals surface area contributed by atoms with Crippen LogP contribution in [0, 0.1) is 16.2 Å².